The van der Waals surface area contributed by atoms with Gasteiger partial charge in [-0.2, -0.15) is 0 Å². The molecule has 0 aliphatic rings. The van der Waals surface area contributed by atoms with Gasteiger partial charge >= 0.3 is 0 Å². The summed E-state index contributed by atoms with van der Waals surface area (Å²) in [6, 6.07) is 9.57. The molecule has 2 heterocycles. The predicted octanol–water partition coefficient (Wildman–Crippen LogP) is 2.57. The zero-order valence-electron chi connectivity index (χ0n) is 12.3. The van der Waals surface area contributed by atoms with E-state index in [1.165, 1.54) is 23.9 Å². The van der Waals surface area contributed by atoms with E-state index in [-0.39, 0.29) is 11.7 Å². The molecule has 8 heteroatoms. The SMILES string of the molecule is Cc1nnc(SCC(=O)Nc2cccc(F)c2)n1-n1cccc1. The van der Waals surface area contributed by atoms with Gasteiger partial charge in [0.25, 0.3) is 0 Å². The van der Waals surface area contributed by atoms with E-state index >= 15 is 0 Å². The molecule has 6 nitrogen and oxygen atoms in total. The Morgan fingerprint density at radius 1 is 1.26 bits per heavy atom. The van der Waals surface area contributed by atoms with Crippen LogP contribution in [-0.2, 0) is 4.79 Å². The summed E-state index contributed by atoms with van der Waals surface area (Å²) in [4.78, 5) is 12.0. The second-order valence-electron chi connectivity index (χ2n) is 4.75. The van der Waals surface area contributed by atoms with E-state index in [0.717, 1.165) is 0 Å². The van der Waals surface area contributed by atoms with Crippen LogP contribution in [0.2, 0.25) is 0 Å². The van der Waals surface area contributed by atoms with Gasteiger partial charge in [-0.25, -0.2) is 9.07 Å². The number of hydrogen-bond acceptors (Lipinski definition) is 4. The van der Waals surface area contributed by atoms with Crippen LogP contribution in [-0.4, -0.2) is 31.2 Å². The summed E-state index contributed by atoms with van der Waals surface area (Å²) in [6.45, 7) is 1.84. The molecule has 0 saturated heterocycles. The molecular formula is C15H14FN5OS. The number of halogens is 1. The van der Waals surface area contributed by atoms with Crippen molar-refractivity contribution in [2.75, 3.05) is 11.1 Å². The van der Waals surface area contributed by atoms with Crippen LogP contribution in [0.25, 0.3) is 0 Å². The third kappa shape index (κ3) is 3.59. The number of nitrogens with one attached hydrogen (secondary N) is 1. The molecule has 0 unspecified atom stereocenters. The average molecular weight is 331 g/mol. The molecule has 118 valence electrons. The number of amides is 1. The number of rotatable bonds is 5. The molecule has 0 aliphatic carbocycles. The van der Waals surface area contributed by atoms with Crippen LogP contribution in [0, 0.1) is 12.7 Å². The standard InChI is InChI=1S/C15H14FN5OS/c1-11-18-19-15(21(11)20-7-2-3-8-20)23-10-14(22)17-13-6-4-5-12(16)9-13/h2-9H,10H2,1H3,(H,17,22). The minimum Gasteiger partial charge on any atom is -0.325 e. The highest BCUT2D eigenvalue weighted by Gasteiger charge is 2.13. The first-order valence-corrected chi connectivity index (χ1v) is 7.86. The average Bonchev–Trinajstić information content (AvgIpc) is 3.14. The molecule has 3 aromatic rings. The second-order valence-corrected chi connectivity index (χ2v) is 5.69. The molecule has 1 aromatic carbocycles. The highest BCUT2D eigenvalue weighted by atomic mass is 32.2. The quantitative estimate of drug-likeness (QED) is 0.730. The minimum atomic E-state index is -0.390. The fourth-order valence-corrected chi connectivity index (χ4v) is 2.83. The van der Waals surface area contributed by atoms with Crippen LogP contribution >= 0.6 is 11.8 Å². The summed E-state index contributed by atoms with van der Waals surface area (Å²) in [5, 5.41) is 11.4. The Morgan fingerprint density at radius 2 is 2.04 bits per heavy atom. The zero-order chi connectivity index (χ0) is 16.2. The third-order valence-electron chi connectivity index (χ3n) is 3.03. The first-order chi connectivity index (χ1) is 11.1. The van der Waals surface area contributed by atoms with E-state index in [1.807, 2.05) is 36.1 Å². The second kappa shape index (κ2) is 6.66. The molecular weight excluding hydrogens is 317 g/mol. The summed E-state index contributed by atoms with van der Waals surface area (Å²) in [5.74, 6) is 0.239. The first kappa shape index (κ1) is 15.3. The van der Waals surface area contributed by atoms with E-state index in [9.17, 15) is 9.18 Å². The summed E-state index contributed by atoms with van der Waals surface area (Å²) >= 11 is 1.26. The van der Waals surface area contributed by atoms with E-state index in [1.54, 1.807) is 16.8 Å². The molecule has 3 rings (SSSR count). The van der Waals surface area contributed by atoms with Gasteiger partial charge in [0.15, 0.2) is 5.82 Å². The van der Waals surface area contributed by atoms with Crippen molar-refractivity contribution in [3.63, 3.8) is 0 Å². The van der Waals surface area contributed by atoms with E-state index in [2.05, 4.69) is 15.5 Å². The van der Waals surface area contributed by atoms with Gasteiger partial charge in [-0.3, -0.25) is 9.47 Å². The normalized spacial score (nSPS) is 10.7. The van der Waals surface area contributed by atoms with Crippen LogP contribution in [0.5, 0.6) is 0 Å². The number of aromatic nitrogens is 4. The first-order valence-electron chi connectivity index (χ1n) is 6.87. The Labute approximate surface area is 136 Å². The van der Waals surface area contributed by atoms with Gasteiger partial charge in [-0.1, -0.05) is 17.8 Å². The van der Waals surface area contributed by atoms with Gasteiger partial charge in [0.1, 0.15) is 5.82 Å². The summed E-state index contributed by atoms with van der Waals surface area (Å²) in [5.41, 5.74) is 0.429. The number of anilines is 1. The van der Waals surface area contributed by atoms with Gasteiger partial charge in [-0.05, 0) is 37.3 Å². The van der Waals surface area contributed by atoms with Gasteiger partial charge in [0.05, 0.1) is 5.75 Å². The minimum absolute atomic E-state index is 0.149. The smallest absolute Gasteiger partial charge is 0.234 e. The molecule has 0 spiro atoms. The lowest BCUT2D eigenvalue weighted by Gasteiger charge is -2.09. The van der Waals surface area contributed by atoms with Crippen LogP contribution in [0.4, 0.5) is 10.1 Å². The van der Waals surface area contributed by atoms with Crippen molar-refractivity contribution in [2.45, 2.75) is 12.1 Å². The van der Waals surface area contributed by atoms with Crippen molar-refractivity contribution in [2.24, 2.45) is 0 Å². The molecule has 0 atom stereocenters. The van der Waals surface area contributed by atoms with Crippen LogP contribution in [0.3, 0.4) is 0 Å². The molecule has 0 radical (unpaired) electrons. The van der Waals surface area contributed by atoms with Crippen molar-refractivity contribution in [1.82, 2.24) is 19.5 Å². The van der Waals surface area contributed by atoms with E-state index in [0.29, 0.717) is 16.7 Å². The number of thioether (sulfide) groups is 1. The van der Waals surface area contributed by atoms with Gasteiger partial charge < -0.3 is 5.32 Å². The summed E-state index contributed by atoms with van der Waals surface area (Å²) in [6.07, 6.45) is 3.74. The lowest BCUT2D eigenvalue weighted by atomic mass is 10.3. The molecule has 0 aliphatic heterocycles. The van der Waals surface area contributed by atoms with Gasteiger partial charge in [0, 0.05) is 18.1 Å². The number of benzene rings is 1. The zero-order valence-corrected chi connectivity index (χ0v) is 13.1. The van der Waals surface area contributed by atoms with Crippen LogP contribution < -0.4 is 5.32 Å². The summed E-state index contributed by atoms with van der Waals surface area (Å²) < 4.78 is 16.7. The summed E-state index contributed by atoms with van der Waals surface area (Å²) in [7, 11) is 0. The fourth-order valence-electron chi connectivity index (χ4n) is 2.05. The Balaban J connectivity index is 1.66. The maximum absolute atomic E-state index is 13.1. The molecule has 0 fully saturated rings. The number of nitrogens with zero attached hydrogens (tertiary/aromatic N) is 4. The lowest BCUT2D eigenvalue weighted by Crippen LogP contribution is -2.16. The molecule has 0 bridgehead atoms. The number of carbonyl (C=O) groups is 1. The highest BCUT2D eigenvalue weighted by molar-refractivity contribution is 7.99. The molecule has 2 aromatic heterocycles. The number of hydrogen-bond donors (Lipinski definition) is 1. The molecule has 0 saturated carbocycles. The highest BCUT2D eigenvalue weighted by Crippen LogP contribution is 2.18. The van der Waals surface area contributed by atoms with Gasteiger partial charge in [0.2, 0.25) is 11.1 Å². The molecule has 1 amide bonds. The number of carbonyl (C=O) groups excluding carboxylic acids is 1. The maximum Gasteiger partial charge on any atom is 0.234 e. The monoisotopic (exact) mass is 331 g/mol. The Kier molecular flexibility index (Phi) is 4.42. The predicted molar refractivity (Wildman–Crippen MR) is 85.7 cm³/mol. The Hall–Kier alpha value is -2.61. The largest absolute Gasteiger partial charge is 0.325 e. The number of aryl methyl sites for hydroxylation is 1. The van der Waals surface area contributed by atoms with Crippen LogP contribution in [0.1, 0.15) is 5.82 Å². The lowest BCUT2D eigenvalue weighted by molar-refractivity contribution is -0.113. The Bertz CT molecular complexity index is 815. The third-order valence-corrected chi connectivity index (χ3v) is 3.95. The van der Waals surface area contributed by atoms with E-state index in [4.69, 9.17) is 0 Å². The van der Waals surface area contributed by atoms with Crippen molar-refractivity contribution in [3.8, 4) is 0 Å². The van der Waals surface area contributed by atoms with Crippen LogP contribution in [0.15, 0.2) is 53.9 Å². The topological polar surface area (TPSA) is 64.7 Å². The molecule has 23 heavy (non-hydrogen) atoms. The van der Waals surface area contributed by atoms with Crippen molar-refractivity contribution in [3.05, 3.63) is 60.4 Å². The molecule has 1 N–H and O–H groups in total. The fraction of sp³-hybridized carbons (Fsp3) is 0.133. The van der Waals surface area contributed by atoms with Crippen molar-refractivity contribution in [1.29, 1.82) is 0 Å². The van der Waals surface area contributed by atoms with Crippen molar-refractivity contribution >= 4 is 23.4 Å². The maximum atomic E-state index is 13.1. The van der Waals surface area contributed by atoms with E-state index < -0.39 is 5.82 Å². The van der Waals surface area contributed by atoms with Gasteiger partial charge in [-0.15, -0.1) is 10.2 Å². The van der Waals surface area contributed by atoms with Crippen molar-refractivity contribution < 1.29 is 9.18 Å². The Morgan fingerprint density at radius 3 is 2.78 bits per heavy atom.